The van der Waals surface area contributed by atoms with Gasteiger partial charge in [0.15, 0.2) is 0 Å². The van der Waals surface area contributed by atoms with E-state index in [4.69, 9.17) is 11.6 Å². The van der Waals surface area contributed by atoms with Gasteiger partial charge in [0.05, 0.1) is 23.1 Å². The first-order valence-electron chi connectivity index (χ1n) is 9.28. The van der Waals surface area contributed by atoms with Crippen LogP contribution in [0.15, 0.2) is 59.5 Å². The molecule has 9 heteroatoms. The maximum absolute atomic E-state index is 13.9. The summed E-state index contributed by atoms with van der Waals surface area (Å²) >= 11 is 6.33. The van der Waals surface area contributed by atoms with Crippen molar-refractivity contribution < 1.29 is 13.6 Å². The van der Waals surface area contributed by atoms with Gasteiger partial charge in [0.1, 0.15) is 16.7 Å². The molecule has 0 aliphatic carbocycles. The lowest BCUT2D eigenvalue weighted by Crippen LogP contribution is -2.49. The number of halogens is 3. The summed E-state index contributed by atoms with van der Waals surface area (Å²) in [6.07, 6.45) is 1.51. The molecule has 0 atom stereocenters. The third kappa shape index (κ3) is 3.78. The Morgan fingerprint density at radius 3 is 2.40 bits per heavy atom. The minimum atomic E-state index is -0.763. The number of aromatic nitrogens is 2. The van der Waals surface area contributed by atoms with Crippen LogP contribution in [-0.4, -0.2) is 46.8 Å². The Hall–Kier alpha value is -3.26. The van der Waals surface area contributed by atoms with E-state index < -0.39 is 23.1 Å². The number of nitrogens with zero attached hydrogens (tertiary/aromatic N) is 4. The van der Waals surface area contributed by atoms with Gasteiger partial charge < -0.3 is 9.80 Å². The second-order valence-electron chi connectivity index (χ2n) is 6.80. The minimum absolute atomic E-state index is 0.0322. The van der Waals surface area contributed by atoms with Gasteiger partial charge in [-0.25, -0.2) is 8.78 Å². The summed E-state index contributed by atoms with van der Waals surface area (Å²) in [6.45, 7) is 1.29. The van der Waals surface area contributed by atoms with E-state index in [2.05, 4.69) is 5.10 Å². The molecular weight excluding hydrogens is 414 g/mol. The van der Waals surface area contributed by atoms with Crippen molar-refractivity contribution in [2.45, 2.75) is 0 Å². The fourth-order valence-corrected chi connectivity index (χ4v) is 3.63. The van der Waals surface area contributed by atoms with Crippen molar-refractivity contribution >= 4 is 23.2 Å². The highest BCUT2D eigenvalue weighted by atomic mass is 35.5. The number of hydrogen-bond donors (Lipinski definition) is 0. The third-order valence-corrected chi connectivity index (χ3v) is 5.32. The number of anilines is 1. The van der Waals surface area contributed by atoms with Crippen LogP contribution in [0, 0.1) is 11.6 Å². The maximum Gasteiger partial charge on any atom is 0.292 e. The lowest BCUT2D eigenvalue weighted by atomic mass is 10.1. The molecule has 30 heavy (non-hydrogen) atoms. The topological polar surface area (TPSA) is 58.4 Å². The molecule has 0 bridgehead atoms. The van der Waals surface area contributed by atoms with Gasteiger partial charge in [-0.2, -0.15) is 9.78 Å². The number of piperazine rings is 1. The highest BCUT2D eigenvalue weighted by Crippen LogP contribution is 2.24. The third-order valence-electron chi connectivity index (χ3n) is 4.97. The van der Waals surface area contributed by atoms with Crippen LogP contribution in [0.1, 0.15) is 10.4 Å². The van der Waals surface area contributed by atoms with E-state index in [0.717, 1.165) is 18.2 Å². The number of carbonyl (C=O) groups is 1. The molecule has 2 heterocycles. The molecule has 1 amide bonds. The highest BCUT2D eigenvalue weighted by Gasteiger charge is 2.26. The summed E-state index contributed by atoms with van der Waals surface area (Å²) < 4.78 is 28.5. The van der Waals surface area contributed by atoms with Crippen LogP contribution in [0.2, 0.25) is 5.02 Å². The highest BCUT2D eigenvalue weighted by molar-refractivity contribution is 6.33. The van der Waals surface area contributed by atoms with E-state index in [1.54, 1.807) is 24.3 Å². The zero-order chi connectivity index (χ0) is 21.3. The summed E-state index contributed by atoms with van der Waals surface area (Å²) in [6, 6.07) is 11.7. The fraction of sp³-hybridized carbons (Fsp3) is 0.190. The summed E-state index contributed by atoms with van der Waals surface area (Å²) in [5.74, 6) is -2.01. The molecule has 6 nitrogen and oxygen atoms in total. The first kappa shape index (κ1) is 20.0. The maximum atomic E-state index is 13.9. The van der Waals surface area contributed by atoms with Crippen LogP contribution in [0.4, 0.5) is 14.5 Å². The Bertz CT molecular complexity index is 1150. The van der Waals surface area contributed by atoms with Crippen molar-refractivity contribution in [3.8, 4) is 5.69 Å². The number of benzene rings is 2. The van der Waals surface area contributed by atoms with Crippen molar-refractivity contribution in [1.82, 2.24) is 14.7 Å². The molecule has 2 aromatic carbocycles. The fourth-order valence-electron chi connectivity index (χ4n) is 3.38. The Balaban J connectivity index is 1.51. The predicted molar refractivity (Wildman–Crippen MR) is 109 cm³/mol. The molecule has 1 aromatic heterocycles. The molecule has 1 saturated heterocycles. The largest absolute Gasteiger partial charge is 0.365 e. The number of rotatable bonds is 3. The molecule has 0 N–H and O–H groups in total. The first-order chi connectivity index (χ1) is 14.5. The lowest BCUT2D eigenvalue weighted by molar-refractivity contribution is 0.0741. The quantitative estimate of drug-likeness (QED) is 0.640. The van der Waals surface area contributed by atoms with Gasteiger partial charge in [-0.3, -0.25) is 9.59 Å². The van der Waals surface area contributed by atoms with Gasteiger partial charge >= 0.3 is 0 Å². The van der Waals surface area contributed by atoms with Gasteiger partial charge in [0.25, 0.3) is 11.5 Å². The van der Waals surface area contributed by atoms with Gasteiger partial charge in [-0.05, 0) is 30.3 Å². The Labute approximate surface area is 175 Å². The van der Waals surface area contributed by atoms with E-state index in [-0.39, 0.29) is 23.7 Å². The van der Waals surface area contributed by atoms with Gasteiger partial charge in [-0.1, -0.05) is 29.8 Å². The SMILES string of the molecule is O=C(c1cc(F)ccc1F)N1CCN(c2cnn(-c3ccccc3)c(=O)c2Cl)CC1. The second kappa shape index (κ2) is 8.23. The Kier molecular flexibility index (Phi) is 5.50. The van der Waals surface area contributed by atoms with E-state index in [9.17, 15) is 18.4 Å². The van der Waals surface area contributed by atoms with E-state index in [1.807, 2.05) is 11.0 Å². The standard InChI is InChI=1S/C21H17ClF2N4O2/c22-19-18(13-25-28(21(19)30)15-4-2-1-3-5-15)26-8-10-27(11-9-26)20(29)16-12-14(23)6-7-17(16)24/h1-7,12-13H,8-11H2. The van der Waals surface area contributed by atoms with Crippen molar-refractivity contribution in [2.24, 2.45) is 0 Å². The van der Waals surface area contributed by atoms with Crippen LogP contribution in [0.3, 0.4) is 0 Å². The smallest absolute Gasteiger partial charge is 0.292 e. The van der Waals surface area contributed by atoms with Crippen LogP contribution in [0.25, 0.3) is 5.69 Å². The number of amides is 1. The summed E-state index contributed by atoms with van der Waals surface area (Å²) in [5.41, 5.74) is 0.329. The van der Waals surface area contributed by atoms with Crippen LogP contribution in [-0.2, 0) is 0 Å². The zero-order valence-corrected chi connectivity index (χ0v) is 16.5. The van der Waals surface area contributed by atoms with Crippen LogP contribution < -0.4 is 10.5 Å². The summed E-state index contributed by atoms with van der Waals surface area (Å²) in [7, 11) is 0. The molecule has 0 spiro atoms. The number of hydrogen-bond acceptors (Lipinski definition) is 4. The van der Waals surface area contributed by atoms with Crippen molar-refractivity contribution in [2.75, 3.05) is 31.1 Å². The lowest BCUT2D eigenvalue weighted by Gasteiger charge is -2.36. The first-order valence-corrected chi connectivity index (χ1v) is 9.66. The van der Waals surface area contributed by atoms with E-state index in [1.165, 1.54) is 15.8 Å². The van der Waals surface area contributed by atoms with Gasteiger partial charge in [-0.15, -0.1) is 0 Å². The molecule has 154 valence electrons. The number of para-hydroxylation sites is 1. The second-order valence-corrected chi connectivity index (χ2v) is 7.18. The number of carbonyl (C=O) groups excluding carboxylic acids is 1. The molecular formula is C21H17ClF2N4O2. The van der Waals surface area contributed by atoms with Gasteiger partial charge in [0.2, 0.25) is 0 Å². The zero-order valence-electron chi connectivity index (χ0n) is 15.8. The van der Waals surface area contributed by atoms with Crippen molar-refractivity contribution in [3.05, 3.63) is 87.3 Å². The molecule has 1 fully saturated rings. The summed E-state index contributed by atoms with van der Waals surface area (Å²) in [5, 5.41) is 4.25. The van der Waals surface area contributed by atoms with Crippen molar-refractivity contribution in [3.63, 3.8) is 0 Å². The van der Waals surface area contributed by atoms with E-state index in [0.29, 0.717) is 24.5 Å². The van der Waals surface area contributed by atoms with Crippen molar-refractivity contribution in [1.29, 1.82) is 0 Å². The molecule has 0 unspecified atom stereocenters. The summed E-state index contributed by atoms with van der Waals surface area (Å²) in [4.78, 5) is 28.5. The molecule has 0 radical (unpaired) electrons. The Morgan fingerprint density at radius 1 is 1.00 bits per heavy atom. The normalized spacial score (nSPS) is 14.1. The van der Waals surface area contributed by atoms with Crippen LogP contribution in [0.5, 0.6) is 0 Å². The monoisotopic (exact) mass is 430 g/mol. The van der Waals surface area contributed by atoms with Crippen LogP contribution >= 0.6 is 11.6 Å². The average molecular weight is 431 g/mol. The molecule has 1 aliphatic heterocycles. The molecule has 0 saturated carbocycles. The molecule has 4 rings (SSSR count). The minimum Gasteiger partial charge on any atom is -0.365 e. The van der Waals surface area contributed by atoms with E-state index >= 15 is 0 Å². The predicted octanol–water partition coefficient (Wildman–Crippen LogP) is 3.13. The van der Waals surface area contributed by atoms with Gasteiger partial charge in [0, 0.05) is 26.2 Å². The average Bonchev–Trinajstić information content (AvgIpc) is 2.77. The Morgan fingerprint density at radius 2 is 1.70 bits per heavy atom. The molecule has 3 aromatic rings. The molecule has 1 aliphatic rings.